The van der Waals surface area contributed by atoms with Crippen molar-refractivity contribution in [1.82, 2.24) is 9.80 Å². The van der Waals surface area contributed by atoms with Gasteiger partial charge in [-0.2, -0.15) is 0 Å². The summed E-state index contributed by atoms with van der Waals surface area (Å²) in [5.41, 5.74) is -0.829. The van der Waals surface area contributed by atoms with E-state index >= 15 is 0 Å². The fourth-order valence-corrected chi connectivity index (χ4v) is 2.88. The van der Waals surface area contributed by atoms with Crippen LogP contribution in [0.3, 0.4) is 0 Å². The number of para-hydroxylation sites is 1. The lowest BCUT2D eigenvalue weighted by Gasteiger charge is -2.37. The van der Waals surface area contributed by atoms with Crippen LogP contribution < -0.4 is 5.32 Å². The quantitative estimate of drug-likeness (QED) is 0.629. The monoisotopic (exact) mass is 375 g/mol. The van der Waals surface area contributed by atoms with E-state index in [1.165, 1.54) is 20.1 Å². The topological polar surface area (TPSA) is 96.0 Å². The molecule has 1 N–H and O–H groups in total. The minimum Gasteiger partial charge on any atom is -0.465 e. The molecule has 1 heterocycles. The number of anilines is 1. The van der Waals surface area contributed by atoms with Crippen LogP contribution in [0.5, 0.6) is 0 Å². The summed E-state index contributed by atoms with van der Waals surface area (Å²) in [5, 5.41) is 2.66. The number of hydrogen-bond donors (Lipinski definition) is 1. The first kappa shape index (κ1) is 20.4. The number of rotatable bonds is 4. The number of nitrogens with one attached hydrogen (secondary N) is 1. The highest BCUT2D eigenvalue weighted by Gasteiger charge is 2.40. The molecule has 8 heteroatoms. The van der Waals surface area contributed by atoms with E-state index in [0.29, 0.717) is 26.2 Å². The maximum Gasteiger partial charge on any atom is 0.339 e. The van der Waals surface area contributed by atoms with Crippen LogP contribution in [0.4, 0.5) is 5.69 Å². The van der Waals surface area contributed by atoms with E-state index in [2.05, 4.69) is 5.32 Å². The third-order valence-electron chi connectivity index (χ3n) is 4.70. The lowest BCUT2D eigenvalue weighted by atomic mass is 9.89. The first-order valence-electron chi connectivity index (χ1n) is 8.72. The van der Waals surface area contributed by atoms with E-state index in [4.69, 9.17) is 4.74 Å². The third-order valence-corrected chi connectivity index (χ3v) is 4.70. The molecule has 1 saturated heterocycles. The standard InChI is InChI=1S/C19H25N3O5/c1-13(23)21-9-11-22(12-10-21)18(26)19(2,3)17(25)20-15-8-6-5-7-14(15)16(24)27-4/h5-8H,9-12H2,1-4H3,(H,20,25). The number of ether oxygens (including phenoxy) is 1. The number of carbonyl (C=O) groups excluding carboxylic acids is 4. The number of amides is 3. The Labute approximate surface area is 158 Å². The van der Waals surface area contributed by atoms with Crippen LogP contribution >= 0.6 is 0 Å². The summed E-state index contributed by atoms with van der Waals surface area (Å²) in [6.45, 7) is 6.24. The number of hydrogen-bond acceptors (Lipinski definition) is 5. The van der Waals surface area contributed by atoms with E-state index in [1.54, 1.807) is 41.8 Å². The zero-order chi connectivity index (χ0) is 20.2. The minimum atomic E-state index is -1.33. The highest BCUT2D eigenvalue weighted by atomic mass is 16.5. The van der Waals surface area contributed by atoms with Crippen molar-refractivity contribution in [2.45, 2.75) is 20.8 Å². The van der Waals surface area contributed by atoms with Gasteiger partial charge in [-0.3, -0.25) is 14.4 Å². The number of benzene rings is 1. The van der Waals surface area contributed by atoms with Crippen molar-refractivity contribution < 1.29 is 23.9 Å². The summed E-state index contributed by atoms with van der Waals surface area (Å²) in [7, 11) is 1.26. The molecule has 1 fully saturated rings. The van der Waals surface area contributed by atoms with Crippen LogP contribution in [0.15, 0.2) is 24.3 Å². The van der Waals surface area contributed by atoms with E-state index in [9.17, 15) is 19.2 Å². The molecule has 0 aliphatic carbocycles. The second-order valence-corrected chi connectivity index (χ2v) is 6.91. The molecule has 0 bridgehead atoms. The molecular formula is C19H25N3O5. The van der Waals surface area contributed by atoms with Gasteiger partial charge in [0.25, 0.3) is 0 Å². The van der Waals surface area contributed by atoms with Crippen molar-refractivity contribution in [3.05, 3.63) is 29.8 Å². The first-order valence-corrected chi connectivity index (χ1v) is 8.72. The van der Waals surface area contributed by atoms with Crippen LogP contribution in [-0.4, -0.2) is 66.8 Å². The van der Waals surface area contributed by atoms with Crippen molar-refractivity contribution in [3.8, 4) is 0 Å². The maximum absolute atomic E-state index is 12.9. The van der Waals surface area contributed by atoms with E-state index in [-0.39, 0.29) is 23.1 Å². The summed E-state index contributed by atoms with van der Waals surface area (Å²) in [6, 6.07) is 6.46. The molecule has 8 nitrogen and oxygen atoms in total. The fourth-order valence-electron chi connectivity index (χ4n) is 2.88. The number of esters is 1. The molecular weight excluding hydrogens is 350 g/mol. The molecule has 0 spiro atoms. The Hall–Kier alpha value is -2.90. The predicted octanol–water partition coefficient (Wildman–Crippen LogP) is 1.13. The Morgan fingerprint density at radius 2 is 1.56 bits per heavy atom. The van der Waals surface area contributed by atoms with Gasteiger partial charge in [0.15, 0.2) is 0 Å². The van der Waals surface area contributed by atoms with Gasteiger partial charge in [-0.25, -0.2) is 4.79 Å². The van der Waals surface area contributed by atoms with Crippen LogP contribution in [0.25, 0.3) is 0 Å². The van der Waals surface area contributed by atoms with E-state index in [0.717, 1.165) is 0 Å². The minimum absolute atomic E-state index is 0.0291. The second kappa shape index (κ2) is 8.20. The maximum atomic E-state index is 12.9. The van der Waals surface area contributed by atoms with Crippen molar-refractivity contribution >= 4 is 29.4 Å². The van der Waals surface area contributed by atoms with Gasteiger partial charge in [0.05, 0.1) is 18.4 Å². The molecule has 27 heavy (non-hydrogen) atoms. The lowest BCUT2D eigenvalue weighted by Crippen LogP contribution is -2.55. The third kappa shape index (κ3) is 4.45. The number of carbonyl (C=O) groups is 4. The largest absolute Gasteiger partial charge is 0.465 e. The molecule has 0 unspecified atom stereocenters. The summed E-state index contributed by atoms with van der Waals surface area (Å²) >= 11 is 0. The molecule has 0 saturated carbocycles. The van der Waals surface area contributed by atoms with Crippen LogP contribution in [0, 0.1) is 5.41 Å². The van der Waals surface area contributed by atoms with Gasteiger partial charge in [-0.1, -0.05) is 12.1 Å². The van der Waals surface area contributed by atoms with Gasteiger partial charge in [0.2, 0.25) is 17.7 Å². The van der Waals surface area contributed by atoms with Crippen molar-refractivity contribution in [2.75, 3.05) is 38.6 Å². The van der Waals surface area contributed by atoms with Crippen LogP contribution in [0.2, 0.25) is 0 Å². The number of piperazine rings is 1. The highest BCUT2D eigenvalue weighted by Crippen LogP contribution is 2.24. The molecule has 146 valence electrons. The average Bonchev–Trinajstić information content (AvgIpc) is 2.67. The summed E-state index contributed by atoms with van der Waals surface area (Å²) in [4.78, 5) is 52.2. The molecule has 2 rings (SSSR count). The Morgan fingerprint density at radius 3 is 2.11 bits per heavy atom. The van der Waals surface area contributed by atoms with Crippen LogP contribution in [0.1, 0.15) is 31.1 Å². The van der Waals surface area contributed by atoms with Crippen molar-refractivity contribution in [3.63, 3.8) is 0 Å². The number of methoxy groups -OCH3 is 1. The van der Waals surface area contributed by atoms with Gasteiger partial charge >= 0.3 is 5.97 Å². The summed E-state index contributed by atoms with van der Waals surface area (Å²) in [5.74, 6) is -1.44. The average molecular weight is 375 g/mol. The van der Waals surface area contributed by atoms with Crippen LogP contribution in [-0.2, 0) is 19.1 Å². The molecule has 1 aliphatic rings. The fraction of sp³-hybridized carbons (Fsp3) is 0.474. The van der Waals surface area contributed by atoms with Crippen molar-refractivity contribution in [1.29, 1.82) is 0 Å². The molecule has 1 aliphatic heterocycles. The van der Waals surface area contributed by atoms with Gasteiger partial charge in [0, 0.05) is 33.1 Å². The van der Waals surface area contributed by atoms with Gasteiger partial charge < -0.3 is 19.9 Å². The predicted molar refractivity (Wildman–Crippen MR) is 99.0 cm³/mol. The Balaban J connectivity index is 2.10. The second-order valence-electron chi connectivity index (χ2n) is 6.91. The summed E-state index contributed by atoms with van der Waals surface area (Å²) < 4.78 is 4.72. The van der Waals surface area contributed by atoms with Gasteiger partial charge in [-0.15, -0.1) is 0 Å². The molecule has 1 aromatic carbocycles. The zero-order valence-corrected chi connectivity index (χ0v) is 16.1. The highest BCUT2D eigenvalue weighted by molar-refractivity contribution is 6.11. The molecule has 0 radical (unpaired) electrons. The lowest BCUT2D eigenvalue weighted by molar-refractivity contribution is -0.149. The Kier molecular flexibility index (Phi) is 6.20. The zero-order valence-electron chi connectivity index (χ0n) is 16.1. The molecule has 3 amide bonds. The van der Waals surface area contributed by atoms with E-state index in [1.807, 2.05) is 0 Å². The Morgan fingerprint density at radius 1 is 1.00 bits per heavy atom. The molecule has 0 aromatic heterocycles. The normalized spacial score (nSPS) is 14.5. The van der Waals surface area contributed by atoms with Crippen molar-refractivity contribution in [2.24, 2.45) is 5.41 Å². The number of nitrogens with zero attached hydrogens (tertiary/aromatic N) is 2. The Bertz CT molecular complexity index is 751. The SMILES string of the molecule is COC(=O)c1ccccc1NC(=O)C(C)(C)C(=O)N1CCN(C(C)=O)CC1. The smallest absolute Gasteiger partial charge is 0.339 e. The molecule has 0 atom stereocenters. The van der Waals surface area contributed by atoms with Gasteiger partial charge in [-0.05, 0) is 26.0 Å². The van der Waals surface area contributed by atoms with E-state index < -0.39 is 17.3 Å². The molecule has 1 aromatic rings. The summed E-state index contributed by atoms with van der Waals surface area (Å²) in [6.07, 6.45) is 0. The van der Waals surface area contributed by atoms with Gasteiger partial charge in [0.1, 0.15) is 5.41 Å². The first-order chi connectivity index (χ1) is 12.7.